The van der Waals surface area contributed by atoms with Crippen LogP contribution in [0.4, 0.5) is 0 Å². The summed E-state index contributed by atoms with van der Waals surface area (Å²) in [5.74, 6) is 1.40. The Morgan fingerprint density at radius 1 is 1.47 bits per heavy atom. The Bertz CT molecular complexity index is 558. The number of para-hydroxylation sites is 1. The molecule has 0 amide bonds. The third-order valence-electron chi connectivity index (χ3n) is 3.49. The van der Waals surface area contributed by atoms with E-state index in [9.17, 15) is 0 Å². The SMILES string of the molecule is CC(C)c1nc2c(OCC3CCCN3)cccc2s1. The Labute approximate surface area is 118 Å². The Kier molecular flexibility index (Phi) is 3.71. The molecule has 0 saturated carbocycles. The predicted molar refractivity (Wildman–Crippen MR) is 80.2 cm³/mol. The monoisotopic (exact) mass is 276 g/mol. The van der Waals surface area contributed by atoms with E-state index in [0.717, 1.165) is 24.4 Å². The van der Waals surface area contributed by atoms with E-state index < -0.39 is 0 Å². The van der Waals surface area contributed by atoms with Gasteiger partial charge in [-0.05, 0) is 31.5 Å². The van der Waals surface area contributed by atoms with E-state index in [0.29, 0.717) is 12.0 Å². The fraction of sp³-hybridized carbons (Fsp3) is 0.533. The highest BCUT2D eigenvalue weighted by Crippen LogP contribution is 2.32. The quantitative estimate of drug-likeness (QED) is 0.927. The molecule has 0 bridgehead atoms. The van der Waals surface area contributed by atoms with Gasteiger partial charge in [-0.25, -0.2) is 4.98 Å². The molecule has 1 saturated heterocycles. The lowest BCUT2D eigenvalue weighted by molar-refractivity contribution is 0.280. The van der Waals surface area contributed by atoms with Crippen molar-refractivity contribution in [2.45, 2.75) is 38.6 Å². The first-order valence-electron chi connectivity index (χ1n) is 6.99. The number of thiazole rings is 1. The first-order valence-corrected chi connectivity index (χ1v) is 7.81. The van der Waals surface area contributed by atoms with Crippen LogP contribution >= 0.6 is 11.3 Å². The number of nitrogens with one attached hydrogen (secondary N) is 1. The lowest BCUT2D eigenvalue weighted by Gasteiger charge is -2.12. The van der Waals surface area contributed by atoms with Gasteiger partial charge in [-0.1, -0.05) is 19.9 Å². The number of aromatic nitrogens is 1. The Morgan fingerprint density at radius 3 is 3.11 bits per heavy atom. The zero-order valence-electron chi connectivity index (χ0n) is 11.5. The van der Waals surface area contributed by atoms with Crippen LogP contribution < -0.4 is 10.1 Å². The van der Waals surface area contributed by atoms with Crippen LogP contribution in [0, 0.1) is 0 Å². The van der Waals surface area contributed by atoms with Crippen molar-refractivity contribution in [3.63, 3.8) is 0 Å². The predicted octanol–water partition coefficient (Wildman–Crippen LogP) is 3.55. The van der Waals surface area contributed by atoms with Crippen LogP contribution in [0.2, 0.25) is 0 Å². The maximum absolute atomic E-state index is 5.98. The standard InChI is InChI=1S/C15H20N2OS/c1-10(2)15-17-14-12(6-3-7-13(14)19-15)18-9-11-5-4-8-16-11/h3,6-7,10-11,16H,4-5,8-9H2,1-2H3. The van der Waals surface area contributed by atoms with Crippen molar-refractivity contribution >= 4 is 21.6 Å². The van der Waals surface area contributed by atoms with E-state index in [1.54, 1.807) is 11.3 Å². The molecule has 1 aromatic carbocycles. The zero-order chi connectivity index (χ0) is 13.2. The topological polar surface area (TPSA) is 34.1 Å². The van der Waals surface area contributed by atoms with E-state index in [1.165, 1.54) is 22.5 Å². The van der Waals surface area contributed by atoms with E-state index >= 15 is 0 Å². The second kappa shape index (κ2) is 5.47. The summed E-state index contributed by atoms with van der Waals surface area (Å²) >= 11 is 1.77. The summed E-state index contributed by atoms with van der Waals surface area (Å²) in [5, 5.41) is 4.64. The van der Waals surface area contributed by atoms with Gasteiger partial charge in [0.1, 0.15) is 17.9 Å². The molecule has 4 heteroatoms. The summed E-state index contributed by atoms with van der Waals surface area (Å²) < 4.78 is 7.20. The summed E-state index contributed by atoms with van der Waals surface area (Å²) in [4.78, 5) is 4.73. The van der Waals surface area contributed by atoms with Gasteiger partial charge in [0.2, 0.25) is 0 Å². The lowest BCUT2D eigenvalue weighted by Crippen LogP contribution is -2.28. The maximum atomic E-state index is 5.98. The number of hydrogen-bond acceptors (Lipinski definition) is 4. The van der Waals surface area contributed by atoms with Crippen LogP contribution in [-0.4, -0.2) is 24.2 Å². The number of hydrogen-bond donors (Lipinski definition) is 1. The van der Waals surface area contributed by atoms with Gasteiger partial charge >= 0.3 is 0 Å². The van der Waals surface area contributed by atoms with E-state index in [-0.39, 0.29) is 0 Å². The van der Waals surface area contributed by atoms with Crippen LogP contribution in [0.1, 0.15) is 37.6 Å². The summed E-state index contributed by atoms with van der Waals surface area (Å²) in [6.45, 7) is 6.22. The van der Waals surface area contributed by atoms with Gasteiger partial charge in [0, 0.05) is 12.0 Å². The average molecular weight is 276 g/mol. The van der Waals surface area contributed by atoms with Gasteiger partial charge in [0.05, 0.1) is 9.71 Å². The fourth-order valence-electron chi connectivity index (χ4n) is 2.39. The molecule has 1 unspecified atom stereocenters. The molecule has 2 aromatic rings. The Morgan fingerprint density at radius 2 is 2.37 bits per heavy atom. The van der Waals surface area contributed by atoms with Crippen LogP contribution in [0.15, 0.2) is 18.2 Å². The number of fused-ring (bicyclic) bond motifs is 1. The molecule has 1 atom stereocenters. The smallest absolute Gasteiger partial charge is 0.146 e. The maximum Gasteiger partial charge on any atom is 0.146 e. The zero-order valence-corrected chi connectivity index (χ0v) is 12.3. The minimum atomic E-state index is 0.474. The van der Waals surface area contributed by atoms with E-state index in [4.69, 9.17) is 9.72 Å². The normalized spacial score (nSPS) is 19.4. The number of nitrogens with zero attached hydrogens (tertiary/aromatic N) is 1. The molecular formula is C15H20N2OS. The first-order chi connectivity index (χ1) is 9.24. The van der Waals surface area contributed by atoms with Crippen LogP contribution in [-0.2, 0) is 0 Å². The lowest BCUT2D eigenvalue weighted by atomic mass is 10.2. The molecule has 1 aliphatic heterocycles. The molecule has 0 spiro atoms. The van der Waals surface area contributed by atoms with Gasteiger partial charge in [0.25, 0.3) is 0 Å². The third-order valence-corrected chi connectivity index (χ3v) is 4.82. The molecular weight excluding hydrogens is 256 g/mol. The Hall–Kier alpha value is -1.13. The molecule has 0 aliphatic carbocycles. The fourth-order valence-corrected chi connectivity index (χ4v) is 3.38. The summed E-state index contributed by atoms with van der Waals surface area (Å²) in [7, 11) is 0. The van der Waals surface area contributed by atoms with Crippen LogP contribution in [0.25, 0.3) is 10.2 Å². The van der Waals surface area contributed by atoms with Crippen molar-refractivity contribution < 1.29 is 4.74 Å². The summed E-state index contributed by atoms with van der Waals surface area (Å²) in [5.41, 5.74) is 1.02. The van der Waals surface area contributed by atoms with Gasteiger partial charge in [-0.2, -0.15) is 0 Å². The highest BCUT2D eigenvalue weighted by atomic mass is 32.1. The van der Waals surface area contributed by atoms with Gasteiger partial charge in [-0.3, -0.25) is 0 Å². The molecule has 0 radical (unpaired) electrons. The third kappa shape index (κ3) is 2.74. The molecule has 3 nitrogen and oxygen atoms in total. The van der Waals surface area contributed by atoms with Crippen LogP contribution in [0.5, 0.6) is 5.75 Å². The molecule has 3 rings (SSSR count). The minimum absolute atomic E-state index is 0.474. The van der Waals surface area contributed by atoms with E-state index in [2.05, 4.69) is 31.3 Å². The van der Waals surface area contributed by atoms with Gasteiger partial charge < -0.3 is 10.1 Å². The van der Waals surface area contributed by atoms with Gasteiger partial charge in [0.15, 0.2) is 0 Å². The largest absolute Gasteiger partial charge is 0.490 e. The number of benzene rings is 1. The molecule has 19 heavy (non-hydrogen) atoms. The van der Waals surface area contributed by atoms with Crippen molar-refractivity contribution in [1.29, 1.82) is 0 Å². The number of rotatable bonds is 4. The Balaban J connectivity index is 1.81. The second-order valence-electron chi connectivity index (χ2n) is 5.41. The molecule has 1 aromatic heterocycles. The summed E-state index contributed by atoms with van der Waals surface area (Å²) in [6.07, 6.45) is 2.47. The van der Waals surface area contributed by atoms with Crippen molar-refractivity contribution in [3.05, 3.63) is 23.2 Å². The first kappa shape index (κ1) is 12.9. The minimum Gasteiger partial charge on any atom is -0.490 e. The molecule has 2 heterocycles. The van der Waals surface area contributed by atoms with Gasteiger partial charge in [-0.15, -0.1) is 11.3 Å². The van der Waals surface area contributed by atoms with Crippen molar-refractivity contribution in [2.75, 3.05) is 13.2 Å². The highest BCUT2D eigenvalue weighted by molar-refractivity contribution is 7.18. The van der Waals surface area contributed by atoms with Crippen molar-refractivity contribution in [1.82, 2.24) is 10.3 Å². The summed E-state index contributed by atoms with van der Waals surface area (Å²) in [6, 6.07) is 6.71. The van der Waals surface area contributed by atoms with Crippen molar-refractivity contribution in [3.8, 4) is 5.75 Å². The van der Waals surface area contributed by atoms with Crippen LogP contribution in [0.3, 0.4) is 0 Å². The second-order valence-corrected chi connectivity index (χ2v) is 6.48. The average Bonchev–Trinajstić information content (AvgIpc) is 3.05. The number of ether oxygens (including phenoxy) is 1. The molecule has 1 N–H and O–H groups in total. The molecule has 1 fully saturated rings. The van der Waals surface area contributed by atoms with Crippen molar-refractivity contribution in [2.24, 2.45) is 0 Å². The molecule has 1 aliphatic rings. The highest BCUT2D eigenvalue weighted by Gasteiger charge is 2.16. The molecule has 102 valence electrons. The van der Waals surface area contributed by atoms with E-state index in [1.807, 2.05) is 6.07 Å².